The van der Waals surface area contributed by atoms with E-state index in [1.165, 1.54) is 55.6 Å². The topological polar surface area (TPSA) is 55.4 Å². The predicted molar refractivity (Wildman–Crippen MR) is 373 cm³/mol. The average Bonchev–Trinajstić information content (AvgIpc) is 1.04. The van der Waals surface area contributed by atoms with Crippen LogP contribution in [0.5, 0.6) is 34.5 Å². The summed E-state index contributed by atoms with van der Waals surface area (Å²) in [6.07, 6.45) is 10.8. The summed E-state index contributed by atoms with van der Waals surface area (Å²) in [7, 11) is 11.2. The second-order valence-corrected chi connectivity index (χ2v) is 32.0. The van der Waals surface area contributed by atoms with E-state index in [0.717, 1.165) is 130 Å². The molecule has 480 valence electrons. The first kappa shape index (κ1) is 69.6. The number of methoxy groups -OCH3 is 6. The summed E-state index contributed by atoms with van der Waals surface area (Å²) in [5.74, 6) is 5.39. The largest absolute Gasteiger partial charge is 0.496 e. The minimum Gasteiger partial charge on any atom is -0.496 e. The van der Waals surface area contributed by atoms with Crippen LogP contribution in [0.2, 0.25) is 0 Å². The summed E-state index contributed by atoms with van der Waals surface area (Å²) >= 11 is 0. The van der Waals surface area contributed by atoms with Gasteiger partial charge < -0.3 is 28.4 Å². The number of fused-ring (bicyclic) bond motifs is 12. The highest BCUT2D eigenvalue weighted by atomic mass is 16.5. The lowest BCUT2D eigenvalue weighted by atomic mass is 9.75. The molecule has 0 amide bonds. The molecule has 1 aliphatic carbocycles. The Balaban J connectivity index is 1.75. The fraction of sp³-hybridized carbons (Fsp3) is 0.561. The molecule has 0 spiro atoms. The van der Waals surface area contributed by atoms with Crippen molar-refractivity contribution in [3.05, 3.63) is 173 Å². The molecule has 12 bridgehead atoms. The fourth-order valence-electron chi connectivity index (χ4n) is 13.5. The zero-order valence-electron chi connectivity index (χ0n) is 60.0. The van der Waals surface area contributed by atoms with Crippen LogP contribution in [0.15, 0.2) is 72.8 Å². The summed E-state index contributed by atoms with van der Waals surface area (Å²) in [4.78, 5) is 0. The third kappa shape index (κ3) is 15.5. The summed E-state index contributed by atoms with van der Waals surface area (Å²) in [5, 5.41) is 0. The Hall–Kier alpha value is -5.88. The second-order valence-electron chi connectivity index (χ2n) is 32.0. The number of hydrogen-bond donors (Lipinski definition) is 0. The van der Waals surface area contributed by atoms with Crippen LogP contribution < -0.4 is 28.4 Å². The minimum absolute atomic E-state index is 0.0554. The van der Waals surface area contributed by atoms with Crippen LogP contribution >= 0.6 is 0 Å². The van der Waals surface area contributed by atoms with Crippen LogP contribution in [-0.2, 0) is 58.2 Å². The maximum atomic E-state index is 6.92. The van der Waals surface area contributed by atoms with Gasteiger partial charge in [-0.05, 0) is 123 Å². The van der Waals surface area contributed by atoms with Gasteiger partial charge in [0.25, 0.3) is 0 Å². The molecule has 0 aliphatic heterocycles. The fourth-order valence-corrected chi connectivity index (χ4v) is 13.5. The molecule has 1 aliphatic rings. The number of ether oxygens (including phenoxy) is 6. The monoisotopic (exact) mass is 1200 g/mol. The van der Waals surface area contributed by atoms with E-state index in [2.05, 4.69) is 211 Å². The Labute approximate surface area is 535 Å². The Morgan fingerprint density at radius 1 is 0.261 bits per heavy atom. The van der Waals surface area contributed by atoms with Gasteiger partial charge in [-0.25, -0.2) is 0 Å². The molecule has 6 nitrogen and oxygen atoms in total. The van der Waals surface area contributed by atoms with E-state index in [0.29, 0.717) is 25.7 Å². The molecule has 0 unspecified atom stereocenters. The summed E-state index contributed by atoms with van der Waals surface area (Å²) in [5.41, 5.74) is 20.5. The Bertz CT molecular complexity index is 2980. The minimum atomic E-state index is -0.177. The van der Waals surface area contributed by atoms with Gasteiger partial charge in [-0.1, -0.05) is 250 Å². The van der Waals surface area contributed by atoms with Crippen molar-refractivity contribution < 1.29 is 28.4 Å². The van der Waals surface area contributed by atoms with Crippen molar-refractivity contribution >= 4 is 0 Å². The van der Waals surface area contributed by atoms with Crippen molar-refractivity contribution in [2.24, 2.45) is 0 Å². The van der Waals surface area contributed by atoms with Gasteiger partial charge in [-0.3, -0.25) is 0 Å². The quantitative estimate of drug-likeness (QED) is 0.101. The van der Waals surface area contributed by atoms with E-state index in [1.54, 1.807) is 0 Å². The Kier molecular flexibility index (Phi) is 21.6. The van der Waals surface area contributed by atoms with E-state index in [1.807, 2.05) is 42.7 Å². The van der Waals surface area contributed by atoms with Crippen molar-refractivity contribution in [2.75, 3.05) is 42.7 Å². The maximum absolute atomic E-state index is 6.92. The van der Waals surface area contributed by atoms with Crippen LogP contribution in [0.4, 0.5) is 0 Å². The van der Waals surface area contributed by atoms with E-state index in [9.17, 15) is 0 Å². The molecule has 0 atom stereocenters. The molecule has 0 saturated carbocycles. The lowest BCUT2D eigenvalue weighted by Gasteiger charge is -2.32. The van der Waals surface area contributed by atoms with Crippen molar-refractivity contribution in [1.29, 1.82) is 0 Å². The van der Waals surface area contributed by atoms with E-state index < -0.39 is 0 Å². The summed E-state index contributed by atoms with van der Waals surface area (Å²) in [6.45, 7) is 46.7. The molecular weight excluding hydrogens is 1080 g/mol. The molecule has 0 aromatic heterocycles. The Morgan fingerprint density at radius 3 is 0.591 bits per heavy atom. The normalized spacial score (nSPS) is 15.3. The van der Waals surface area contributed by atoms with Gasteiger partial charge in [-0.2, -0.15) is 0 Å². The molecule has 7 rings (SSSR count). The van der Waals surface area contributed by atoms with Crippen molar-refractivity contribution in [2.45, 2.75) is 260 Å². The standard InChI is InChI=1S/C82H116O6/c1-27-29-31-33-65-67-47-61(79(9,10)11)43-55(73(67)85-23)35-51-39-59(77(3,4)5)41-53(71(51)83-21)37-57-45-63(81(15,16)17)49-69(75(57)87-25)66(34-32-30-28-2)70-50-64(82(18,19)20)46-58(76(70)88-26)38-54-42-60(78(6,7)8)40-52(72(54)84-22)36-56-44-62(80(12,13)14)48-68(65)74(56)86-24/h39-50,65-66H,27-38H2,1-26H3. The van der Waals surface area contributed by atoms with Gasteiger partial charge in [0.05, 0.1) is 42.7 Å². The van der Waals surface area contributed by atoms with E-state index in [-0.39, 0.29) is 44.3 Å². The SMILES string of the molecule is CCCCCC1c2cc(C(C)(C)C)cc(c2OC)Cc2cc(C(C)(C)C)cc(c2OC)Cc2cc(C(C)(C)C)cc(c2OC)C(CCCCC)c2cc(C(C)(C)C)cc(c2OC)Cc2cc(C(C)(C)C)cc(c2OC)Cc2cc(C(C)(C)C)cc1c2OC. The first-order valence-corrected chi connectivity index (χ1v) is 33.3. The predicted octanol–water partition coefficient (Wildman–Crippen LogP) is 21.6. The average molecular weight is 1200 g/mol. The number of hydrogen-bond acceptors (Lipinski definition) is 6. The Morgan fingerprint density at radius 2 is 0.432 bits per heavy atom. The van der Waals surface area contributed by atoms with Crippen LogP contribution in [0.3, 0.4) is 0 Å². The smallest absolute Gasteiger partial charge is 0.126 e. The second kappa shape index (κ2) is 27.3. The molecule has 0 saturated heterocycles. The zero-order valence-corrected chi connectivity index (χ0v) is 60.0. The van der Waals surface area contributed by atoms with Gasteiger partial charge >= 0.3 is 0 Å². The molecule has 0 radical (unpaired) electrons. The van der Waals surface area contributed by atoms with Crippen molar-refractivity contribution in [3.63, 3.8) is 0 Å². The van der Waals surface area contributed by atoms with E-state index >= 15 is 0 Å². The number of rotatable bonds is 14. The molecule has 0 heterocycles. The molecule has 6 heteroatoms. The lowest BCUT2D eigenvalue weighted by Crippen LogP contribution is -2.18. The van der Waals surface area contributed by atoms with Crippen LogP contribution in [-0.4, -0.2) is 42.7 Å². The molecule has 6 aromatic rings. The number of unbranched alkanes of at least 4 members (excludes halogenated alkanes) is 4. The van der Waals surface area contributed by atoms with Crippen molar-refractivity contribution in [3.8, 4) is 34.5 Å². The van der Waals surface area contributed by atoms with E-state index in [4.69, 9.17) is 28.4 Å². The molecule has 0 fully saturated rings. The van der Waals surface area contributed by atoms with Gasteiger partial charge in [0.1, 0.15) is 34.5 Å². The molecule has 88 heavy (non-hydrogen) atoms. The van der Waals surface area contributed by atoms with Gasteiger partial charge in [0, 0.05) is 59.8 Å². The van der Waals surface area contributed by atoms with Crippen LogP contribution in [0, 0.1) is 0 Å². The highest BCUT2D eigenvalue weighted by molar-refractivity contribution is 5.63. The zero-order chi connectivity index (χ0) is 65.2. The van der Waals surface area contributed by atoms with Crippen molar-refractivity contribution in [1.82, 2.24) is 0 Å². The van der Waals surface area contributed by atoms with Crippen LogP contribution in [0.1, 0.15) is 302 Å². The molecule has 0 N–H and O–H groups in total. The van der Waals surface area contributed by atoms with Gasteiger partial charge in [0.15, 0.2) is 0 Å². The highest BCUT2D eigenvalue weighted by Crippen LogP contribution is 2.51. The maximum Gasteiger partial charge on any atom is 0.126 e. The summed E-state index contributed by atoms with van der Waals surface area (Å²) < 4.78 is 41.3. The third-order valence-electron chi connectivity index (χ3n) is 18.9. The molecule has 6 aromatic carbocycles. The number of benzene rings is 6. The van der Waals surface area contributed by atoms with Crippen LogP contribution in [0.25, 0.3) is 0 Å². The first-order valence-electron chi connectivity index (χ1n) is 33.3. The lowest BCUT2D eigenvalue weighted by molar-refractivity contribution is 0.388. The highest BCUT2D eigenvalue weighted by Gasteiger charge is 2.35. The summed E-state index contributed by atoms with van der Waals surface area (Å²) in [6, 6.07) is 29.2. The third-order valence-corrected chi connectivity index (χ3v) is 18.9. The first-order chi connectivity index (χ1) is 41.1. The van der Waals surface area contributed by atoms with Gasteiger partial charge in [0.2, 0.25) is 0 Å². The molecular formula is C82H116O6. The van der Waals surface area contributed by atoms with Gasteiger partial charge in [-0.15, -0.1) is 0 Å².